The third-order valence-electron chi connectivity index (χ3n) is 4.96. The number of carbonyl (C=O) groups excluding carboxylic acids is 1. The quantitative estimate of drug-likeness (QED) is 0.907. The molecule has 3 rings (SSSR count). The highest BCUT2D eigenvalue weighted by atomic mass is 35.5. The number of amides is 1. The molecule has 1 aromatic carbocycles. The molecule has 122 valence electrons. The van der Waals surface area contributed by atoms with Gasteiger partial charge in [-0.2, -0.15) is 0 Å². The van der Waals surface area contributed by atoms with Crippen LogP contribution < -0.4 is 5.32 Å². The number of benzene rings is 1. The van der Waals surface area contributed by atoms with Gasteiger partial charge in [0.05, 0.1) is 5.92 Å². The van der Waals surface area contributed by atoms with Crippen molar-refractivity contribution in [2.24, 2.45) is 5.92 Å². The van der Waals surface area contributed by atoms with Crippen LogP contribution in [0.5, 0.6) is 0 Å². The summed E-state index contributed by atoms with van der Waals surface area (Å²) in [6, 6.07) is 10.8. The van der Waals surface area contributed by atoms with Gasteiger partial charge in [0.1, 0.15) is 0 Å². The van der Waals surface area contributed by atoms with Crippen molar-refractivity contribution in [3.05, 3.63) is 35.9 Å². The smallest absolute Gasteiger partial charge is 0.226 e. The molecule has 0 saturated carbocycles. The lowest BCUT2D eigenvalue weighted by Gasteiger charge is -2.29. The van der Waals surface area contributed by atoms with Crippen molar-refractivity contribution in [2.45, 2.75) is 38.0 Å². The first-order valence-corrected chi connectivity index (χ1v) is 8.39. The fourth-order valence-corrected chi connectivity index (χ4v) is 3.70. The van der Waals surface area contributed by atoms with Crippen molar-refractivity contribution in [2.75, 3.05) is 26.2 Å². The van der Waals surface area contributed by atoms with Gasteiger partial charge in [0.2, 0.25) is 5.91 Å². The van der Waals surface area contributed by atoms with E-state index in [0.29, 0.717) is 11.8 Å². The maximum absolute atomic E-state index is 12.6. The minimum atomic E-state index is 0. The van der Waals surface area contributed by atoms with Gasteiger partial charge in [0, 0.05) is 19.6 Å². The second kappa shape index (κ2) is 8.54. The first kappa shape index (κ1) is 17.3. The van der Waals surface area contributed by atoms with Gasteiger partial charge in [-0.05, 0) is 50.1 Å². The van der Waals surface area contributed by atoms with E-state index >= 15 is 0 Å². The predicted molar refractivity (Wildman–Crippen MR) is 92.5 cm³/mol. The van der Waals surface area contributed by atoms with Gasteiger partial charge in [0.25, 0.3) is 0 Å². The minimum Gasteiger partial charge on any atom is -0.342 e. The van der Waals surface area contributed by atoms with E-state index in [1.165, 1.54) is 12.0 Å². The summed E-state index contributed by atoms with van der Waals surface area (Å²) < 4.78 is 0. The van der Waals surface area contributed by atoms with Crippen LogP contribution >= 0.6 is 12.4 Å². The second-order valence-corrected chi connectivity index (χ2v) is 6.41. The van der Waals surface area contributed by atoms with Crippen LogP contribution in [0.4, 0.5) is 0 Å². The number of nitrogens with zero attached hydrogens (tertiary/aromatic N) is 1. The Labute approximate surface area is 139 Å². The van der Waals surface area contributed by atoms with Crippen LogP contribution in [0.2, 0.25) is 0 Å². The third-order valence-corrected chi connectivity index (χ3v) is 4.96. The Morgan fingerprint density at radius 1 is 1.05 bits per heavy atom. The van der Waals surface area contributed by atoms with Crippen LogP contribution in [-0.2, 0) is 4.79 Å². The maximum Gasteiger partial charge on any atom is 0.226 e. The first-order valence-electron chi connectivity index (χ1n) is 8.39. The normalized spacial score (nSPS) is 25.9. The number of likely N-dealkylation sites (tertiary alicyclic amines) is 1. The van der Waals surface area contributed by atoms with Crippen molar-refractivity contribution < 1.29 is 4.79 Å². The highest BCUT2D eigenvalue weighted by molar-refractivity contribution is 5.85. The van der Waals surface area contributed by atoms with Gasteiger partial charge in [-0.15, -0.1) is 12.4 Å². The Balaban J connectivity index is 0.00000176. The van der Waals surface area contributed by atoms with Gasteiger partial charge in [-0.3, -0.25) is 4.79 Å². The molecule has 4 heteroatoms. The molecule has 1 N–H and O–H groups in total. The maximum atomic E-state index is 12.6. The zero-order valence-corrected chi connectivity index (χ0v) is 14.0. The predicted octanol–water partition coefficient (Wildman–Crippen LogP) is 3.20. The highest BCUT2D eigenvalue weighted by Crippen LogP contribution is 2.28. The van der Waals surface area contributed by atoms with Crippen molar-refractivity contribution >= 4 is 18.3 Å². The monoisotopic (exact) mass is 322 g/mol. The number of rotatable bonds is 2. The van der Waals surface area contributed by atoms with E-state index in [4.69, 9.17) is 0 Å². The van der Waals surface area contributed by atoms with Gasteiger partial charge in [-0.1, -0.05) is 30.3 Å². The first-order chi connectivity index (χ1) is 10.3. The largest absolute Gasteiger partial charge is 0.342 e. The lowest BCUT2D eigenvalue weighted by molar-refractivity contribution is -0.136. The van der Waals surface area contributed by atoms with Gasteiger partial charge < -0.3 is 10.2 Å². The number of piperidine rings is 1. The zero-order valence-electron chi connectivity index (χ0n) is 13.2. The summed E-state index contributed by atoms with van der Waals surface area (Å²) in [5, 5.41) is 3.36. The van der Waals surface area contributed by atoms with E-state index < -0.39 is 0 Å². The number of nitrogens with one attached hydrogen (secondary N) is 1. The molecular formula is C18H27ClN2O. The fraction of sp³-hybridized carbons (Fsp3) is 0.611. The van der Waals surface area contributed by atoms with Gasteiger partial charge in [-0.25, -0.2) is 0 Å². The summed E-state index contributed by atoms with van der Waals surface area (Å²) in [7, 11) is 0. The van der Waals surface area contributed by atoms with Crippen LogP contribution in [0.1, 0.15) is 43.6 Å². The molecule has 0 bridgehead atoms. The second-order valence-electron chi connectivity index (χ2n) is 6.41. The molecule has 2 aliphatic heterocycles. The Kier molecular flexibility index (Phi) is 6.71. The van der Waals surface area contributed by atoms with E-state index in [2.05, 4.69) is 40.5 Å². The number of halogens is 1. The summed E-state index contributed by atoms with van der Waals surface area (Å²) in [5.74, 6) is 1.22. The number of hydrogen-bond donors (Lipinski definition) is 1. The standard InChI is InChI=1S/C18H26N2O.ClH/c21-18(17-8-4-11-19-14-17)20-12-5-9-16(10-13-20)15-6-2-1-3-7-15;/h1-3,6-7,16-17,19H,4-5,8-14H2;1H. The van der Waals surface area contributed by atoms with Crippen molar-refractivity contribution in [3.8, 4) is 0 Å². The number of carbonyl (C=O) groups is 1. The molecule has 0 aliphatic carbocycles. The summed E-state index contributed by atoms with van der Waals surface area (Å²) in [4.78, 5) is 14.8. The molecule has 2 aliphatic rings. The Hall–Kier alpha value is -1.06. The van der Waals surface area contributed by atoms with Crippen LogP contribution in [0.25, 0.3) is 0 Å². The molecule has 2 heterocycles. The lowest BCUT2D eigenvalue weighted by Crippen LogP contribution is -2.43. The zero-order chi connectivity index (χ0) is 14.5. The Morgan fingerprint density at radius 2 is 1.86 bits per heavy atom. The van der Waals surface area contributed by atoms with Crippen molar-refractivity contribution in [3.63, 3.8) is 0 Å². The van der Waals surface area contributed by atoms with Crippen LogP contribution in [-0.4, -0.2) is 37.0 Å². The molecule has 2 saturated heterocycles. The summed E-state index contributed by atoms with van der Waals surface area (Å²) in [6.45, 7) is 3.81. The van der Waals surface area contributed by atoms with Gasteiger partial charge in [0.15, 0.2) is 0 Å². The van der Waals surface area contributed by atoms with Gasteiger partial charge >= 0.3 is 0 Å². The Bertz CT molecular complexity index is 459. The topological polar surface area (TPSA) is 32.3 Å². The molecule has 2 atom stereocenters. The molecule has 0 spiro atoms. The summed E-state index contributed by atoms with van der Waals surface area (Å²) in [6.07, 6.45) is 5.64. The summed E-state index contributed by atoms with van der Waals surface area (Å²) in [5.41, 5.74) is 1.44. The van der Waals surface area contributed by atoms with Crippen LogP contribution in [0.15, 0.2) is 30.3 Å². The minimum absolute atomic E-state index is 0. The molecular weight excluding hydrogens is 296 g/mol. The SMILES string of the molecule is Cl.O=C(C1CCCNC1)N1CCCC(c2ccccc2)CC1. The fourth-order valence-electron chi connectivity index (χ4n) is 3.70. The van der Waals surface area contributed by atoms with Crippen LogP contribution in [0.3, 0.4) is 0 Å². The third kappa shape index (κ3) is 4.23. The van der Waals surface area contributed by atoms with E-state index in [1.807, 2.05) is 0 Å². The van der Waals surface area contributed by atoms with E-state index in [0.717, 1.165) is 51.9 Å². The average molecular weight is 323 g/mol. The molecule has 2 fully saturated rings. The lowest BCUT2D eigenvalue weighted by atomic mass is 9.92. The molecule has 1 aromatic rings. The number of hydrogen-bond acceptors (Lipinski definition) is 2. The molecule has 1 amide bonds. The Morgan fingerprint density at radius 3 is 2.59 bits per heavy atom. The average Bonchev–Trinajstić information content (AvgIpc) is 2.82. The molecule has 3 nitrogen and oxygen atoms in total. The summed E-state index contributed by atoms with van der Waals surface area (Å²) >= 11 is 0. The molecule has 2 unspecified atom stereocenters. The highest BCUT2D eigenvalue weighted by Gasteiger charge is 2.28. The van der Waals surface area contributed by atoms with Crippen molar-refractivity contribution in [1.82, 2.24) is 10.2 Å². The molecule has 22 heavy (non-hydrogen) atoms. The molecule has 0 aromatic heterocycles. The molecule has 0 radical (unpaired) electrons. The van der Waals surface area contributed by atoms with E-state index in [-0.39, 0.29) is 18.3 Å². The van der Waals surface area contributed by atoms with Crippen LogP contribution in [0, 0.1) is 5.92 Å². The van der Waals surface area contributed by atoms with E-state index in [9.17, 15) is 4.79 Å². The van der Waals surface area contributed by atoms with E-state index in [1.54, 1.807) is 0 Å². The van der Waals surface area contributed by atoms with Crippen molar-refractivity contribution in [1.29, 1.82) is 0 Å².